The first-order valence-corrected chi connectivity index (χ1v) is 8.60. The van der Waals surface area contributed by atoms with Gasteiger partial charge in [-0.3, -0.25) is 4.79 Å². The summed E-state index contributed by atoms with van der Waals surface area (Å²) in [6.07, 6.45) is 1.90. The second-order valence-electron chi connectivity index (χ2n) is 5.88. The largest absolute Gasteiger partial charge is 0.465 e. The van der Waals surface area contributed by atoms with Crippen LogP contribution in [0.5, 0.6) is 0 Å². The van der Waals surface area contributed by atoms with E-state index in [4.69, 9.17) is 5.11 Å². The van der Waals surface area contributed by atoms with Gasteiger partial charge < -0.3 is 10.0 Å². The van der Waals surface area contributed by atoms with Crippen molar-refractivity contribution in [2.45, 2.75) is 19.0 Å². The number of fused-ring (bicyclic) bond motifs is 1. The van der Waals surface area contributed by atoms with Crippen molar-refractivity contribution in [2.24, 2.45) is 0 Å². The van der Waals surface area contributed by atoms with Crippen molar-refractivity contribution in [3.63, 3.8) is 0 Å². The SMILES string of the molecule is O=C(O)N1CCc2nc(-c3cnc(N4CC[C@@H](F)C4)cn3)sc2C1=O. The number of carboxylic acid groups (broad SMARTS) is 1. The quantitative estimate of drug-likeness (QED) is 0.869. The highest BCUT2D eigenvalue weighted by atomic mass is 32.1. The molecule has 0 radical (unpaired) electrons. The van der Waals surface area contributed by atoms with Crippen molar-refractivity contribution in [2.75, 3.05) is 24.5 Å². The van der Waals surface area contributed by atoms with Gasteiger partial charge in [-0.15, -0.1) is 11.3 Å². The Morgan fingerprint density at radius 1 is 1.32 bits per heavy atom. The molecule has 2 aromatic rings. The first-order valence-electron chi connectivity index (χ1n) is 7.79. The van der Waals surface area contributed by atoms with E-state index in [9.17, 15) is 14.0 Å². The number of thiazole rings is 1. The predicted molar refractivity (Wildman–Crippen MR) is 87.6 cm³/mol. The lowest BCUT2D eigenvalue weighted by atomic mass is 10.2. The van der Waals surface area contributed by atoms with E-state index in [1.165, 1.54) is 0 Å². The molecule has 1 saturated heterocycles. The van der Waals surface area contributed by atoms with Crippen LogP contribution in [0.1, 0.15) is 21.8 Å². The number of carbonyl (C=O) groups is 2. The molecule has 2 aromatic heterocycles. The molecule has 1 atom stereocenters. The molecule has 0 aromatic carbocycles. The van der Waals surface area contributed by atoms with Crippen molar-refractivity contribution in [3.05, 3.63) is 23.0 Å². The van der Waals surface area contributed by atoms with Gasteiger partial charge in [0.15, 0.2) is 0 Å². The summed E-state index contributed by atoms with van der Waals surface area (Å²) >= 11 is 1.11. The number of carbonyl (C=O) groups excluding carboxylic acids is 1. The molecule has 0 spiro atoms. The number of hydrogen-bond donors (Lipinski definition) is 1. The van der Waals surface area contributed by atoms with Gasteiger partial charge in [0.05, 0.1) is 24.6 Å². The maximum absolute atomic E-state index is 13.3. The topological polar surface area (TPSA) is 99.5 Å². The summed E-state index contributed by atoms with van der Waals surface area (Å²) in [5, 5.41) is 9.57. The molecule has 1 fully saturated rings. The Balaban J connectivity index is 1.58. The molecule has 4 rings (SSSR count). The molecular weight excluding hydrogens is 349 g/mol. The third-order valence-corrected chi connectivity index (χ3v) is 5.36. The summed E-state index contributed by atoms with van der Waals surface area (Å²) in [6.45, 7) is 1.04. The Bertz CT molecular complexity index is 840. The van der Waals surface area contributed by atoms with E-state index >= 15 is 0 Å². The van der Waals surface area contributed by atoms with E-state index in [1.54, 1.807) is 12.4 Å². The van der Waals surface area contributed by atoms with Gasteiger partial charge in [0.1, 0.15) is 27.6 Å². The van der Waals surface area contributed by atoms with Crippen LogP contribution in [0.2, 0.25) is 0 Å². The molecule has 2 amide bonds. The fraction of sp³-hybridized carbons (Fsp3) is 0.400. The minimum atomic E-state index is -1.26. The maximum atomic E-state index is 13.3. The molecule has 130 valence electrons. The Morgan fingerprint density at radius 3 is 2.80 bits per heavy atom. The Labute approximate surface area is 145 Å². The van der Waals surface area contributed by atoms with Gasteiger partial charge in [-0.25, -0.2) is 29.0 Å². The van der Waals surface area contributed by atoms with Crippen LogP contribution in [0, 0.1) is 0 Å². The highest BCUT2D eigenvalue weighted by molar-refractivity contribution is 7.17. The van der Waals surface area contributed by atoms with Crippen LogP contribution in [0.3, 0.4) is 0 Å². The number of halogens is 1. The van der Waals surface area contributed by atoms with Crippen LogP contribution in [-0.4, -0.2) is 62.8 Å². The average molecular weight is 363 g/mol. The summed E-state index contributed by atoms with van der Waals surface area (Å²) in [4.78, 5) is 39.3. The van der Waals surface area contributed by atoms with E-state index in [-0.39, 0.29) is 6.54 Å². The minimum absolute atomic E-state index is 0.105. The van der Waals surface area contributed by atoms with Crippen LogP contribution >= 0.6 is 11.3 Å². The standard InChI is InChI=1S/C15H14FN5O3S/c16-8-1-3-20(7-8)11-6-17-10(5-18-11)13-19-9-2-4-21(15(23)24)14(22)12(9)25-13/h5-6,8H,1-4,7H2,(H,23,24)/t8-/m1/s1. The number of imide groups is 1. The molecule has 0 saturated carbocycles. The lowest BCUT2D eigenvalue weighted by molar-refractivity contribution is 0.0731. The molecule has 25 heavy (non-hydrogen) atoms. The summed E-state index contributed by atoms with van der Waals surface area (Å²) < 4.78 is 13.3. The first-order chi connectivity index (χ1) is 12.0. The maximum Gasteiger partial charge on any atom is 0.414 e. The van der Waals surface area contributed by atoms with Crippen LogP contribution in [0.25, 0.3) is 10.7 Å². The van der Waals surface area contributed by atoms with Crippen LogP contribution in [0.15, 0.2) is 12.4 Å². The monoisotopic (exact) mass is 363 g/mol. The minimum Gasteiger partial charge on any atom is -0.465 e. The molecule has 8 nitrogen and oxygen atoms in total. The third-order valence-electron chi connectivity index (χ3n) is 4.25. The molecule has 10 heteroatoms. The molecule has 4 heterocycles. The highest BCUT2D eigenvalue weighted by Gasteiger charge is 2.32. The van der Waals surface area contributed by atoms with E-state index in [0.717, 1.165) is 16.2 Å². The molecule has 0 bridgehead atoms. The summed E-state index contributed by atoms with van der Waals surface area (Å²) in [5.41, 5.74) is 1.10. The number of aromatic nitrogens is 3. The van der Waals surface area contributed by atoms with E-state index < -0.39 is 18.2 Å². The third kappa shape index (κ3) is 2.82. The first kappa shape index (κ1) is 15.9. The van der Waals surface area contributed by atoms with Crippen LogP contribution in [0.4, 0.5) is 15.0 Å². The zero-order chi connectivity index (χ0) is 17.6. The van der Waals surface area contributed by atoms with Crippen molar-refractivity contribution in [1.82, 2.24) is 19.9 Å². The Hall–Kier alpha value is -2.62. The van der Waals surface area contributed by atoms with Gasteiger partial charge in [0.2, 0.25) is 0 Å². The van der Waals surface area contributed by atoms with Gasteiger partial charge in [-0.2, -0.15) is 0 Å². The second-order valence-corrected chi connectivity index (χ2v) is 6.88. The Kier molecular flexibility index (Phi) is 3.83. The number of anilines is 1. The fourth-order valence-electron chi connectivity index (χ4n) is 2.94. The number of hydrogen-bond acceptors (Lipinski definition) is 7. The molecule has 1 N–H and O–H groups in total. The summed E-state index contributed by atoms with van der Waals surface area (Å²) in [6, 6.07) is 0. The smallest absolute Gasteiger partial charge is 0.414 e. The number of alkyl halides is 1. The van der Waals surface area contributed by atoms with Gasteiger partial charge in [0.25, 0.3) is 5.91 Å². The number of rotatable bonds is 2. The number of nitrogens with zero attached hydrogens (tertiary/aromatic N) is 5. The fourth-order valence-corrected chi connectivity index (χ4v) is 3.97. The zero-order valence-corrected chi connectivity index (χ0v) is 13.9. The second kappa shape index (κ2) is 6.03. The van der Waals surface area contributed by atoms with Crippen molar-refractivity contribution in [3.8, 4) is 10.7 Å². The predicted octanol–water partition coefficient (Wildman–Crippen LogP) is 1.82. The number of amides is 2. The van der Waals surface area contributed by atoms with E-state index in [0.29, 0.717) is 53.0 Å². The van der Waals surface area contributed by atoms with Gasteiger partial charge in [-0.1, -0.05) is 0 Å². The molecule has 2 aliphatic rings. The zero-order valence-electron chi connectivity index (χ0n) is 13.1. The van der Waals surface area contributed by atoms with Crippen molar-refractivity contribution < 1.29 is 19.1 Å². The molecule has 0 unspecified atom stereocenters. The van der Waals surface area contributed by atoms with E-state index in [1.807, 2.05) is 4.90 Å². The summed E-state index contributed by atoms with van der Waals surface area (Å²) in [5.74, 6) is 0.0616. The normalized spacial score (nSPS) is 20.0. The summed E-state index contributed by atoms with van der Waals surface area (Å²) in [7, 11) is 0. The van der Waals surface area contributed by atoms with E-state index in [2.05, 4.69) is 15.0 Å². The van der Waals surface area contributed by atoms with Crippen molar-refractivity contribution in [1.29, 1.82) is 0 Å². The van der Waals surface area contributed by atoms with Crippen LogP contribution < -0.4 is 4.90 Å². The lowest BCUT2D eigenvalue weighted by Gasteiger charge is -2.20. The van der Waals surface area contributed by atoms with Gasteiger partial charge in [-0.05, 0) is 6.42 Å². The molecule has 2 aliphatic heterocycles. The van der Waals surface area contributed by atoms with Gasteiger partial charge in [0, 0.05) is 19.5 Å². The van der Waals surface area contributed by atoms with Crippen molar-refractivity contribution >= 4 is 29.2 Å². The van der Waals surface area contributed by atoms with Crippen LogP contribution in [-0.2, 0) is 6.42 Å². The Morgan fingerprint density at radius 2 is 2.16 bits per heavy atom. The molecular formula is C15H14FN5O3S. The molecule has 0 aliphatic carbocycles. The lowest BCUT2D eigenvalue weighted by Crippen LogP contribution is -2.40. The average Bonchev–Trinajstić information content (AvgIpc) is 3.22. The highest BCUT2D eigenvalue weighted by Crippen LogP contribution is 2.31. The van der Waals surface area contributed by atoms with Gasteiger partial charge >= 0.3 is 6.09 Å².